The number of nitro groups is 1. The van der Waals surface area contributed by atoms with E-state index >= 15 is 0 Å². The Bertz CT molecular complexity index is 760. The van der Waals surface area contributed by atoms with Crippen molar-refractivity contribution in [1.29, 1.82) is 0 Å². The minimum Gasteiger partial charge on any atom is -0.494 e. The number of carbonyl (C=O) groups is 1. The fourth-order valence-corrected chi connectivity index (χ4v) is 2.05. The van der Waals surface area contributed by atoms with Crippen molar-refractivity contribution in [2.45, 2.75) is 0 Å². The molecule has 0 saturated carbocycles. The lowest BCUT2D eigenvalue weighted by Crippen LogP contribution is -2.04. The van der Waals surface area contributed by atoms with Gasteiger partial charge in [-0.1, -0.05) is 12.1 Å². The highest BCUT2D eigenvalue weighted by Gasteiger charge is 2.20. The van der Waals surface area contributed by atoms with Gasteiger partial charge in [-0.2, -0.15) is 0 Å². The number of anilines is 2. The molecule has 2 aromatic carbocycles. The van der Waals surface area contributed by atoms with Crippen molar-refractivity contribution in [2.75, 3.05) is 19.5 Å². The quantitative estimate of drug-likeness (QED) is 0.622. The number of hydrogen-bond donors (Lipinski definition) is 2. The molecule has 23 heavy (non-hydrogen) atoms. The standard InChI is InChI=1S/C15H14N2O6/c1-22-13-8-12(17(20)21)14(23-2)7-11(13)16-10-6-4-3-5-9(10)15(18)19/h3-8,16H,1-2H3,(H,18,19). The first-order valence-electron chi connectivity index (χ1n) is 6.47. The molecule has 0 spiro atoms. The second-order valence-electron chi connectivity index (χ2n) is 4.46. The molecule has 8 nitrogen and oxygen atoms in total. The number of para-hydroxylation sites is 1. The smallest absolute Gasteiger partial charge is 0.337 e. The third-order valence-electron chi connectivity index (χ3n) is 3.12. The molecule has 0 aromatic heterocycles. The summed E-state index contributed by atoms with van der Waals surface area (Å²) in [6, 6.07) is 8.89. The van der Waals surface area contributed by atoms with Crippen LogP contribution in [0.4, 0.5) is 17.1 Å². The molecule has 0 bridgehead atoms. The molecule has 2 aromatic rings. The molecule has 0 fully saturated rings. The Hall–Kier alpha value is -3.29. The Morgan fingerprint density at radius 3 is 2.35 bits per heavy atom. The van der Waals surface area contributed by atoms with Gasteiger partial charge in [0.05, 0.1) is 42.1 Å². The third-order valence-corrected chi connectivity index (χ3v) is 3.12. The highest BCUT2D eigenvalue weighted by atomic mass is 16.6. The summed E-state index contributed by atoms with van der Waals surface area (Å²) in [5.41, 5.74) is 0.492. The van der Waals surface area contributed by atoms with Crippen LogP contribution in [0.2, 0.25) is 0 Å². The maximum absolute atomic E-state index is 11.2. The molecule has 0 aliphatic rings. The molecule has 0 unspecified atom stereocenters. The van der Waals surface area contributed by atoms with Gasteiger partial charge in [-0.25, -0.2) is 4.79 Å². The number of nitrogens with zero attached hydrogens (tertiary/aromatic N) is 1. The van der Waals surface area contributed by atoms with Crippen LogP contribution in [0.3, 0.4) is 0 Å². The lowest BCUT2D eigenvalue weighted by atomic mass is 10.1. The molecular formula is C15H14N2O6. The molecular weight excluding hydrogens is 304 g/mol. The molecule has 8 heteroatoms. The summed E-state index contributed by atoms with van der Waals surface area (Å²) in [7, 11) is 2.67. The molecule has 2 N–H and O–H groups in total. The van der Waals surface area contributed by atoms with Crippen LogP contribution < -0.4 is 14.8 Å². The summed E-state index contributed by atoms with van der Waals surface area (Å²) in [6.45, 7) is 0. The zero-order valence-electron chi connectivity index (χ0n) is 12.4. The van der Waals surface area contributed by atoms with E-state index in [1.807, 2.05) is 0 Å². The van der Waals surface area contributed by atoms with Crippen molar-refractivity contribution in [3.63, 3.8) is 0 Å². The fourth-order valence-electron chi connectivity index (χ4n) is 2.05. The van der Waals surface area contributed by atoms with Gasteiger partial charge in [0.2, 0.25) is 0 Å². The maximum atomic E-state index is 11.2. The number of ether oxygens (including phenoxy) is 2. The average Bonchev–Trinajstić information content (AvgIpc) is 2.54. The van der Waals surface area contributed by atoms with E-state index in [-0.39, 0.29) is 22.7 Å². The van der Waals surface area contributed by atoms with Crippen LogP contribution in [0.5, 0.6) is 11.5 Å². The molecule has 0 amide bonds. The number of nitro benzene ring substituents is 1. The van der Waals surface area contributed by atoms with Crippen molar-refractivity contribution in [1.82, 2.24) is 0 Å². The van der Waals surface area contributed by atoms with E-state index in [1.54, 1.807) is 18.2 Å². The predicted molar refractivity (Wildman–Crippen MR) is 82.9 cm³/mol. The second-order valence-corrected chi connectivity index (χ2v) is 4.46. The lowest BCUT2D eigenvalue weighted by Gasteiger charge is -2.14. The monoisotopic (exact) mass is 318 g/mol. The van der Waals surface area contributed by atoms with E-state index in [9.17, 15) is 20.0 Å². The number of carboxylic acids is 1. The van der Waals surface area contributed by atoms with Gasteiger partial charge in [0.25, 0.3) is 0 Å². The van der Waals surface area contributed by atoms with Crippen molar-refractivity contribution >= 4 is 23.0 Å². The third kappa shape index (κ3) is 3.31. The molecule has 120 valence electrons. The SMILES string of the molecule is COc1cc([N+](=O)[O-])c(OC)cc1Nc1ccccc1C(=O)O. The van der Waals surface area contributed by atoms with E-state index in [4.69, 9.17) is 9.47 Å². The summed E-state index contributed by atoms with van der Waals surface area (Å²) in [4.78, 5) is 21.7. The van der Waals surface area contributed by atoms with Gasteiger partial charge in [-0.15, -0.1) is 0 Å². The number of methoxy groups -OCH3 is 2. The normalized spacial score (nSPS) is 10.0. The first kappa shape index (κ1) is 16.1. The van der Waals surface area contributed by atoms with Crippen molar-refractivity contribution in [3.05, 3.63) is 52.1 Å². The Balaban J connectivity index is 2.52. The van der Waals surface area contributed by atoms with Crippen molar-refractivity contribution in [2.24, 2.45) is 0 Å². The highest BCUT2D eigenvalue weighted by Crippen LogP contribution is 2.39. The highest BCUT2D eigenvalue weighted by molar-refractivity contribution is 5.95. The molecule has 0 aliphatic carbocycles. The predicted octanol–water partition coefficient (Wildman–Crippen LogP) is 3.05. The van der Waals surface area contributed by atoms with Crippen LogP contribution in [0.25, 0.3) is 0 Å². The minimum atomic E-state index is -1.10. The van der Waals surface area contributed by atoms with Gasteiger partial charge >= 0.3 is 11.7 Å². The lowest BCUT2D eigenvalue weighted by molar-refractivity contribution is -0.385. The van der Waals surface area contributed by atoms with Gasteiger partial charge in [0.15, 0.2) is 5.75 Å². The number of benzene rings is 2. The number of aromatic carboxylic acids is 1. The number of nitrogens with one attached hydrogen (secondary N) is 1. The molecule has 2 rings (SSSR count). The zero-order valence-corrected chi connectivity index (χ0v) is 12.4. The topological polar surface area (TPSA) is 111 Å². The van der Waals surface area contributed by atoms with Gasteiger partial charge in [-0.05, 0) is 12.1 Å². The van der Waals surface area contributed by atoms with Crippen LogP contribution in [-0.4, -0.2) is 30.2 Å². The maximum Gasteiger partial charge on any atom is 0.337 e. The van der Waals surface area contributed by atoms with E-state index in [1.165, 1.54) is 32.4 Å². The summed E-state index contributed by atoms with van der Waals surface area (Å²) < 4.78 is 10.1. The van der Waals surface area contributed by atoms with Gasteiger partial charge < -0.3 is 19.9 Å². The summed E-state index contributed by atoms with van der Waals surface area (Å²) in [5.74, 6) is -0.871. The first-order valence-corrected chi connectivity index (χ1v) is 6.47. The zero-order chi connectivity index (χ0) is 17.0. The average molecular weight is 318 g/mol. The van der Waals surface area contributed by atoms with E-state index in [0.29, 0.717) is 11.4 Å². The van der Waals surface area contributed by atoms with Crippen molar-refractivity contribution < 1.29 is 24.3 Å². The summed E-state index contributed by atoms with van der Waals surface area (Å²) in [6.07, 6.45) is 0. The molecule has 0 atom stereocenters. The van der Waals surface area contributed by atoms with Crippen LogP contribution in [-0.2, 0) is 0 Å². The Morgan fingerprint density at radius 2 is 1.78 bits per heavy atom. The summed E-state index contributed by atoms with van der Waals surface area (Å²) in [5, 5.41) is 23.1. The van der Waals surface area contributed by atoms with E-state index in [2.05, 4.69) is 5.32 Å². The number of carboxylic acid groups (broad SMARTS) is 1. The Labute approximate surface area is 131 Å². The van der Waals surface area contributed by atoms with Gasteiger partial charge in [0, 0.05) is 6.07 Å². The number of hydrogen-bond acceptors (Lipinski definition) is 6. The Kier molecular flexibility index (Phi) is 4.65. The minimum absolute atomic E-state index is 0.0334. The molecule has 0 saturated heterocycles. The number of rotatable bonds is 6. The fraction of sp³-hybridized carbons (Fsp3) is 0.133. The van der Waals surface area contributed by atoms with Gasteiger partial charge in [-0.3, -0.25) is 10.1 Å². The summed E-state index contributed by atoms with van der Waals surface area (Å²) >= 11 is 0. The first-order chi connectivity index (χ1) is 11.0. The van der Waals surface area contributed by atoms with Crippen LogP contribution >= 0.6 is 0 Å². The Morgan fingerprint density at radius 1 is 1.13 bits per heavy atom. The van der Waals surface area contributed by atoms with Crippen LogP contribution in [0.1, 0.15) is 10.4 Å². The van der Waals surface area contributed by atoms with E-state index < -0.39 is 10.9 Å². The van der Waals surface area contributed by atoms with Crippen LogP contribution in [0, 0.1) is 10.1 Å². The molecule has 0 aliphatic heterocycles. The van der Waals surface area contributed by atoms with Crippen molar-refractivity contribution in [3.8, 4) is 11.5 Å². The molecule has 0 heterocycles. The largest absolute Gasteiger partial charge is 0.494 e. The molecule has 0 radical (unpaired) electrons. The van der Waals surface area contributed by atoms with E-state index in [0.717, 1.165) is 0 Å². The van der Waals surface area contributed by atoms with Gasteiger partial charge in [0.1, 0.15) is 5.75 Å². The van der Waals surface area contributed by atoms with Crippen LogP contribution in [0.15, 0.2) is 36.4 Å². The second kappa shape index (κ2) is 6.65.